The van der Waals surface area contributed by atoms with Gasteiger partial charge >= 0.3 is 0 Å². The van der Waals surface area contributed by atoms with Crippen LogP contribution in [0, 0.1) is 13.8 Å². The van der Waals surface area contributed by atoms with Crippen molar-refractivity contribution in [2.45, 2.75) is 45.2 Å². The van der Waals surface area contributed by atoms with Crippen LogP contribution in [0.15, 0.2) is 77.7 Å². The topological polar surface area (TPSA) is 86.8 Å². The molecule has 0 radical (unpaired) electrons. The standard InChI is InChI=1S/C28H32ClN3O4S/c1-5-30-28(34)22(4)31(18-23-13-9-20(2)10-14-23)27(33)19-32(25-8-6-7-24(29)17-25)37(35,36)26-15-11-21(3)12-16-26/h6-17,22H,5,18-19H2,1-4H3,(H,30,34). The minimum atomic E-state index is -4.12. The van der Waals surface area contributed by atoms with E-state index in [0.717, 1.165) is 21.0 Å². The van der Waals surface area contributed by atoms with Crippen molar-refractivity contribution in [1.29, 1.82) is 0 Å². The van der Waals surface area contributed by atoms with E-state index in [1.54, 1.807) is 44.2 Å². The van der Waals surface area contributed by atoms with E-state index in [0.29, 0.717) is 11.6 Å². The highest BCUT2D eigenvalue weighted by Gasteiger charge is 2.32. The Bertz CT molecular complexity index is 1340. The molecule has 0 fully saturated rings. The maximum Gasteiger partial charge on any atom is 0.264 e. The predicted octanol–water partition coefficient (Wildman–Crippen LogP) is 4.71. The number of nitrogens with zero attached hydrogens (tertiary/aromatic N) is 2. The van der Waals surface area contributed by atoms with Crippen LogP contribution in [0.2, 0.25) is 5.02 Å². The highest BCUT2D eigenvalue weighted by atomic mass is 35.5. The van der Waals surface area contributed by atoms with Gasteiger partial charge in [-0.2, -0.15) is 0 Å². The van der Waals surface area contributed by atoms with Crippen LogP contribution in [0.5, 0.6) is 0 Å². The Morgan fingerprint density at radius 2 is 1.54 bits per heavy atom. The van der Waals surface area contributed by atoms with Crippen molar-refractivity contribution < 1.29 is 18.0 Å². The first-order chi connectivity index (χ1) is 17.5. The molecule has 0 aliphatic carbocycles. The monoisotopic (exact) mass is 541 g/mol. The molecule has 0 aliphatic heterocycles. The first-order valence-corrected chi connectivity index (χ1v) is 13.8. The Morgan fingerprint density at radius 1 is 0.946 bits per heavy atom. The average Bonchev–Trinajstić information content (AvgIpc) is 2.86. The lowest BCUT2D eigenvalue weighted by Gasteiger charge is -2.32. The molecule has 0 aromatic heterocycles. The zero-order chi connectivity index (χ0) is 27.2. The Kier molecular flexibility index (Phi) is 9.34. The molecule has 1 atom stereocenters. The van der Waals surface area contributed by atoms with E-state index in [4.69, 9.17) is 11.6 Å². The third kappa shape index (κ3) is 7.11. The normalized spacial score (nSPS) is 12.0. The fourth-order valence-electron chi connectivity index (χ4n) is 3.79. The molecule has 0 bridgehead atoms. The fraction of sp³-hybridized carbons (Fsp3) is 0.286. The van der Waals surface area contributed by atoms with Gasteiger partial charge in [-0.3, -0.25) is 13.9 Å². The zero-order valence-electron chi connectivity index (χ0n) is 21.4. The summed E-state index contributed by atoms with van der Waals surface area (Å²) in [5, 5.41) is 3.08. The number of aryl methyl sites for hydroxylation is 2. The second-order valence-electron chi connectivity index (χ2n) is 8.88. The molecule has 3 aromatic carbocycles. The van der Waals surface area contributed by atoms with Crippen LogP contribution < -0.4 is 9.62 Å². The van der Waals surface area contributed by atoms with Crippen molar-refractivity contribution in [3.8, 4) is 0 Å². The van der Waals surface area contributed by atoms with Gasteiger partial charge < -0.3 is 10.2 Å². The number of hydrogen-bond donors (Lipinski definition) is 1. The van der Waals surface area contributed by atoms with Crippen LogP contribution in [0.25, 0.3) is 0 Å². The van der Waals surface area contributed by atoms with Gasteiger partial charge in [0.1, 0.15) is 12.6 Å². The highest BCUT2D eigenvalue weighted by molar-refractivity contribution is 7.92. The lowest BCUT2D eigenvalue weighted by molar-refractivity contribution is -0.139. The van der Waals surface area contributed by atoms with Gasteiger partial charge in [0.25, 0.3) is 10.0 Å². The van der Waals surface area contributed by atoms with Gasteiger partial charge in [-0.05, 0) is 63.6 Å². The molecular formula is C28H32ClN3O4S. The lowest BCUT2D eigenvalue weighted by atomic mass is 10.1. The summed E-state index contributed by atoms with van der Waals surface area (Å²) < 4.78 is 28.5. The van der Waals surface area contributed by atoms with Crippen molar-refractivity contribution in [1.82, 2.24) is 10.2 Å². The molecule has 9 heteroatoms. The Labute approximate surface area is 224 Å². The maximum absolute atomic E-state index is 13.8. The van der Waals surface area contributed by atoms with Gasteiger partial charge in [0.05, 0.1) is 10.6 Å². The number of nitrogens with one attached hydrogen (secondary N) is 1. The van der Waals surface area contributed by atoms with E-state index >= 15 is 0 Å². The molecule has 2 amide bonds. The molecule has 7 nitrogen and oxygen atoms in total. The zero-order valence-corrected chi connectivity index (χ0v) is 23.0. The number of amides is 2. The van der Waals surface area contributed by atoms with Crippen LogP contribution in [0.3, 0.4) is 0 Å². The number of hydrogen-bond acceptors (Lipinski definition) is 4. The van der Waals surface area contributed by atoms with E-state index in [2.05, 4.69) is 5.32 Å². The molecule has 196 valence electrons. The third-order valence-corrected chi connectivity index (χ3v) is 8.00. The summed E-state index contributed by atoms with van der Waals surface area (Å²) in [6.45, 7) is 7.30. The summed E-state index contributed by atoms with van der Waals surface area (Å²) >= 11 is 6.18. The average molecular weight is 542 g/mol. The molecule has 1 N–H and O–H groups in total. The smallest absolute Gasteiger partial charge is 0.264 e. The van der Waals surface area contributed by atoms with Crippen molar-refractivity contribution in [3.63, 3.8) is 0 Å². The quantitative estimate of drug-likeness (QED) is 0.403. The number of anilines is 1. The van der Waals surface area contributed by atoms with Crippen LogP contribution in [-0.4, -0.2) is 44.3 Å². The van der Waals surface area contributed by atoms with E-state index < -0.39 is 28.5 Å². The number of rotatable bonds is 10. The number of carbonyl (C=O) groups is 2. The minimum Gasteiger partial charge on any atom is -0.355 e. The molecule has 3 aromatic rings. The van der Waals surface area contributed by atoms with Gasteiger partial charge in [0.15, 0.2) is 0 Å². The maximum atomic E-state index is 13.8. The number of benzene rings is 3. The summed E-state index contributed by atoms with van der Waals surface area (Å²) in [5.41, 5.74) is 3.05. The second-order valence-corrected chi connectivity index (χ2v) is 11.2. The van der Waals surface area contributed by atoms with Crippen LogP contribution >= 0.6 is 11.6 Å². The van der Waals surface area contributed by atoms with Gasteiger partial charge in [0.2, 0.25) is 11.8 Å². The Hall–Kier alpha value is -3.36. The molecule has 3 rings (SSSR count). The summed E-state index contributed by atoms with van der Waals surface area (Å²) in [5.74, 6) is -0.839. The first-order valence-electron chi connectivity index (χ1n) is 12.0. The van der Waals surface area contributed by atoms with Crippen molar-refractivity contribution in [3.05, 3.63) is 94.5 Å². The van der Waals surface area contributed by atoms with Gasteiger partial charge in [-0.1, -0.05) is 65.2 Å². The molecule has 0 aliphatic rings. The van der Waals surface area contributed by atoms with Crippen LogP contribution in [0.1, 0.15) is 30.5 Å². The van der Waals surface area contributed by atoms with Gasteiger partial charge in [0, 0.05) is 18.1 Å². The summed E-state index contributed by atoms with van der Waals surface area (Å²) in [4.78, 5) is 28.0. The Morgan fingerprint density at radius 3 is 2.11 bits per heavy atom. The molecule has 0 saturated heterocycles. The molecular weight excluding hydrogens is 510 g/mol. The number of sulfonamides is 1. The Balaban J connectivity index is 2.02. The number of carbonyl (C=O) groups excluding carboxylic acids is 2. The predicted molar refractivity (Wildman–Crippen MR) is 147 cm³/mol. The van der Waals surface area contributed by atoms with E-state index in [1.807, 2.05) is 38.1 Å². The number of likely N-dealkylation sites (N-methyl/N-ethyl adjacent to an activating group) is 1. The largest absolute Gasteiger partial charge is 0.355 e. The fourth-order valence-corrected chi connectivity index (χ4v) is 5.38. The summed E-state index contributed by atoms with van der Waals surface area (Å²) in [7, 11) is -4.12. The molecule has 1 unspecified atom stereocenters. The van der Waals surface area contributed by atoms with Crippen LogP contribution in [0.4, 0.5) is 5.69 Å². The first kappa shape index (κ1) is 28.2. The second kappa shape index (κ2) is 12.3. The van der Waals surface area contributed by atoms with Crippen LogP contribution in [-0.2, 0) is 26.2 Å². The minimum absolute atomic E-state index is 0.0488. The van der Waals surface area contributed by atoms with E-state index in [1.165, 1.54) is 23.1 Å². The van der Waals surface area contributed by atoms with Crippen molar-refractivity contribution >= 4 is 39.1 Å². The van der Waals surface area contributed by atoms with E-state index in [-0.39, 0.29) is 23.0 Å². The van der Waals surface area contributed by atoms with Gasteiger partial charge in [-0.25, -0.2) is 8.42 Å². The summed E-state index contributed by atoms with van der Waals surface area (Å²) in [6, 6.07) is 19.6. The molecule has 0 heterocycles. The third-order valence-electron chi connectivity index (χ3n) is 5.98. The number of halogens is 1. The highest BCUT2D eigenvalue weighted by Crippen LogP contribution is 2.27. The molecule has 37 heavy (non-hydrogen) atoms. The molecule has 0 spiro atoms. The van der Waals surface area contributed by atoms with Gasteiger partial charge in [-0.15, -0.1) is 0 Å². The molecule has 0 saturated carbocycles. The van der Waals surface area contributed by atoms with Crippen molar-refractivity contribution in [2.24, 2.45) is 0 Å². The van der Waals surface area contributed by atoms with Crippen molar-refractivity contribution in [2.75, 3.05) is 17.4 Å². The SMILES string of the molecule is CCNC(=O)C(C)N(Cc1ccc(C)cc1)C(=O)CN(c1cccc(Cl)c1)S(=O)(=O)c1ccc(C)cc1. The summed E-state index contributed by atoms with van der Waals surface area (Å²) in [6.07, 6.45) is 0. The lowest BCUT2D eigenvalue weighted by Crippen LogP contribution is -2.51. The van der Waals surface area contributed by atoms with E-state index in [9.17, 15) is 18.0 Å².